The number of aliphatic imine (C=N–C) groups is 1. The van der Waals surface area contributed by atoms with Crippen molar-refractivity contribution in [1.82, 2.24) is 25.3 Å². The van der Waals surface area contributed by atoms with Crippen LogP contribution < -0.4 is 15.5 Å². The van der Waals surface area contributed by atoms with Gasteiger partial charge in [-0.05, 0) is 32.9 Å². The Morgan fingerprint density at radius 1 is 1.42 bits per heavy atom. The molecule has 1 saturated heterocycles. The lowest BCUT2D eigenvalue weighted by molar-refractivity contribution is 0.331. The van der Waals surface area contributed by atoms with Gasteiger partial charge in [-0.15, -0.1) is 24.0 Å². The lowest BCUT2D eigenvalue weighted by Gasteiger charge is -2.34. The average molecular weight is 477 g/mol. The van der Waals surface area contributed by atoms with Gasteiger partial charge in [-0.25, -0.2) is 0 Å². The number of halogens is 1. The van der Waals surface area contributed by atoms with Crippen molar-refractivity contribution in [3.05, 3.63) is 12.4 Å². The molecule has 1 unspecified atom stereocenters. The molecule has 1 aliphatic heterocycles. The molecule has 1 aromatic heterocycles. The molecular weight excluding hydrogens is 441 g/mol. The Morgan fingerprint density at radius 3 is 2.88 bits per heavy atom. The zero-order valence-corrected chi connectivity index (χ0v) is 19.1. The Bertz CT molecular complexity index is 531. The van der Waals surface area contributed by atoms with Crippen molar-refractivity contribution in [2.45, 2.75) is 38.6 Å². The lowest BCUT2D eigenvalue weighted by Crippen LogP contribution is -2.52. The molecule has 0 saturated carbocycles. The van der Waals surface area contributed by atoms with Gasteiger partial charge >= 0.3 is 0 Å². The number of anilines is 1. The van der Waals surface area contributed by atoms with Gasteiger partial charge in [0, 0.05) is 52.5 Å². The molecule has 8 heteroatoms. The summed E-state index contributed by atoms with van der Waals surface area (Å²) in [6.45, 7) is 7.43. The zero-order valence-electron chi connectivity index (χ0n) is 16.7. The van der Waals surface area contributed by atoms with Crippen molar-refractivity contribution in [3.8, 4) is 0 Å². The molecule has 7 nitrogen and oxygen atoms in total. The largest absolute Gasteiger partial charge is 0.367 e. The van der Waals surface area contributed by atoms with Crippen LogP contribution in [0.2, 0.25) is 0 Å². The Kier molecular flexibility index (Phi) is 11.0. The van der Waals surface area contributed by atoms with E-state index >= 15 is 0 Å². The lowest BCUT2D eigenvalue weighted by atomic mass is 10.1. The summed E-state index contributed by atoms with van der Waals surface area (Å²) >= 11 is 0. The van der Waals surface area contributed by atoms with E-state index in [0.29, 0.717) is 6.04 Å². The van der Waals surface area contributed by atoms with Gasteiger partial charge in [-0.1, -0.05) is 13.3 Å². The van der Waals surface area contributed by atoms with Gasteiger partial charge in [0.15, 0.2) is 5.96 Å². The minimum atomic E-state index is 0. The molecule has 0 aromatic carbocycles. The smallest absolute Gasteiger partial charge is 0.191 e. The summed E-state index contributed by atoms with van der Waals surface area (Å²) < 4.78 is 1.86. The van der Waals surface area contributed by atoms with Gasteiger partial charge < -0.3 is 20.4 Å². The zero-order chi connectivity index (χ0) is 18.1. The normalized spacial score (nSPS) is 18.0. The predicted molar refractivity (Wildman–Crippen MR) is 121 cm³/mol. The van der Waals surface area contributed by atoms with Crippen LogP contribution in [-0.2, 0) is 7.05 Å². The fourth-order valence-electron chi connectivity index (χ4n) is 3.19. The first-order chi connectivity index (χ1) is 12.1. The molecule has 2 rings (SSSR count). The first-order valence-electron chi connectivity index (χ1n) is 9.51. The van der Waals surface area contributed by atoms with Crippen molar-refractivity contribution in [1.29, 1.82) is 0 Å². The van der Waals surface area contributed by atoms with Crippen molar-refractivity contribution in [3.63, 3.8) is 0 Å². The molecule has 2 heterocycles. The van der Waals surface area contributed by atoms with Crippen molar-refractivity contribution < 1.29 is 0 Å². The number of likely N-dealkylation sites (N-methyl/N-ethyl adjacent to an activating group) is 1. The minimum Gasteiger partial charge on any atom is -0.367 e. The number of nitrogens with zero attached hydrogens (tertiary/aromatic N) is 5. The SMILES string of the molecule is CCCCN(C)CCNC(=NC)NC1CCCN(c2cnn(C)c2)C1.I. The number of hydrogen-bond acceptors (Lipinski definition) is 4. The predicted octanol–water partition coefficient (Wildman–Crippen LogP) is 1.90. The van der Waals surface area contributed by atoms with E-state index in [0.717, 1.165) is 38.7 Å². The van der Waals surface area contributed by atoms with Crippen LogP contribution in [0.15, 0.2) is 17.4 Å². The maximum absolute atomic E-state index is 4.38. The molecule has 1 aliphatic rings. The van der Waals surface area contributed by atoms with Gasteiger partial charge in [0.2, 0.25) is 0 Å². The maximum atomic E-state index is 4.38. The molecule has 1 aromatic rings. The highest BCUT2D eigenvalue weighted by Crippen LogP contribution is 2.18. The average Bonchev–Trinajstić information content (AvgIpc) is 3.05. The number of aromatic nitrogens is 2. The molecule has 1 fully saturated rings. The van der Waals surface area contributed by atoms with Gasteiger partial charge in [0.25, 0.3) is 0 Å². The summed E-state index contributed by atoms with van der Waals surface area (Å²) in [6.07, 6.45) is 8.90. The molecular formula is C18H36IN7. The standard InChI is InChI=1S/C18H35N7.HI/c1-5-6-10-23(3)12-9-20-18(19-2)22-16-8-7-11-25(14-16)17-13-21-24(4)15-17;/h13,15-16H,5-12,14H2,1-4H3,(H2,19,20,22);1H. The fourth-order valence-corrected chi connectivity index (χ4v) is 3.19. The van der Waals surface area contributed by atoms with Crippen molar-refractivity contribution in [2.24, 2.45) is 12.0 Å². The van der Waals surface area contributed by atoms with E-state index < -0.39 is 0 Å². The highest BCUT2D eigenvalue weighted by Gasteiger charge is 2.21. The number of guanidine groups is 1. The van der Waals surface area contributed by atoms with Crippen LogP contribution in [-0.4, -0.2) is 73.5 Å². The minimum absolute atomic E-state index is 0. The highest BCUT2D eigenvalue weighted by molar-refractivity contribution is 14.0. The van der Waals surface area contributed by atoms with Crippen LogP contribution in [0, 0.1) is 0 Å². The van der Waals surface area contributed by atoms with Crippen LogP contribution >= 0.6 is 24.0 Å². The van der Waals surface area contributed by atoms with E-state index in [1.165, 1.54) is 31.4 Å². The third-order valence-corrected chi connectivity index (χ3v) is 4.72. The topological polar surface area (TPSA) is 60.7 Å². The van der Waals surface area contributed by atoms with E-state index in [-0.39, 0.29) is 24.0 Å². The summed E-state index contributed by atoms with van der Waals surface area (Å²) in [5, 5.41) is 11.3. The van der Waals surface area contributed by atoms with E-state index in [4.69, 9.17) is 0 Å². The molecule has 26 heavy (non-hydrogen) atoms. The second-order valence-electron chi connectivity index (χ2n) is 6.96. The molecule has 0 radical (unpaired) electrons. The van der Waals surface area contributed by atoms with E-state index in [1.807, 2.05) is 25.0 Å². The van der Waals surface area contributed by atoms with Crippen LogP contribution in [0.5, 0.6) is 0 Å². The second-order valence-corrected chi connectivity index (χ2v) is 6.96. The molecule has 0 spiro atoms. The maximum Gasteiger partial charge on any atom is 0.191 e. The number of nitrogens with one attached hydrogen (secondary N) is 2. The Morgan fingerprint density at radius 2 is 2.23 bits per heavy atom. The first kappa shape index (κ1) is 23.0. The number of unbranched alkanes of at least 4 members (excludes halogenated alkanes) is 1. The summed E-state index contributed by atoms with van der Waals surface area (Å²) in [5.41, 5.74) is 1.20. The van der Waals surface area contributed by atoms with E-state index in [1.54, 1.807) is 0 Å². The number of aryl methyl sites for hydroxylation is 1. The quantitative estimate of drug-likeness (QED) is 0.340. The molecule has 0 amide bonds. The third kappa shape index (κ3) is 7.69. The molecule has 0 aliphatic carbocycles. The summed E-state index contributed by atoms with van der Waals surface area (Å²) in [7, 11) is 5.99. The summed E-state index contributed by atoms with van der Waals surface area (Å²) in [4.78, 5) is 9.16. The first-order valence-corrected chi connectivity index (χ1v) is 9.51. The molecule has 2 N–H and O–H groups in total. The highest BCUT2D eigenvalue weighted by atomic mass is 127. The number of piperidine rings is 1. The molecule has 150 valence electrons. The Labute approximate surface area is 175 Å². The van der Waals surface area contributed by atoms with Crippen molar-refractivity contribution in [2.75, 3.05) is 51.7 Å². The summed E-state index contributed by atoms with van der Waals surface area (Å²) in [5.74, 6) is 0.905. The van der Waals surface area contributed by atoms with Crippen LogP contribution in [0.4, 0.5) is 5.69 Å². The van der Waals surface area contributed by atoms with E-state index in [2.05, 4.69) is 50.7 Å². The third-order valence-electron chi connectivity index (χ3n) is 4.72. The second kappa shape index (κ2) is 12.4. The van der Waals surface area contributed by atoms with Crippen LogP contribution in [0.25, 0.3) is 0 Å². The van der Waals surface area contributed by atoms with Crippen molar-refractivity contribution >= 4 is 35.6 Å². The van der Waals surface area contributed by atoms with Crippen LogP contribution in [0.3, 0.4) is 0 Å². The molecule has 1 atom stereocenters. The number of rotatable bonds is 8. The monoisotopic (exact) mass is 477 g/mol. The Hall–Kier alpha value is -1.03. The van der Waals surface area contributed by atoms with Crippen LogP contribution in [0.1, 0.15) is 32.6 Å². The van der Waals surface area contributed by atoms with Gasteiger partial charge in [0.05, 0.1) is 11.9 Å². The van der Waals surface area contributed by atoms with Gasteiger partial charge in [0.1, 0.15) is 0 Å². The van der Waals surface area contributed by atoms with Gasteiger partial charge in [-0.2, -0.15) is 5.10 Å². The number of hydrogen-bond donors (Lipinski definition) is 2. The Balaban J connectivity index is 0.00000338. The van der Waals surface area contributed by atoms with Gasteiger partial charge in [-0.3, -0.25) is 9.67 Å². The summed E-state index contributed by atoms with van der Waals surface area (Å²) in [6, 6.07) is 0.415. The molecule has 0 bridgehead atoms. The van der Waals surface area contributed by atoms with E-state index in [9.17, 15) is 0 Å². The fraction of sp³-hybridized carbons (Fsp3) is 0.778.